The van der Waals surface area contributed by atoms with Crippen LogP contribution < -0.4 is 14.4 Å². The number of carbonyl (C=O) groups excluding carboxylic acids is 2. The van der Waals surface area contributed by atoms with Crippen LogP contribution in [0, 0.1) is 6.92 Å². The first kappa shape index (κ1) is 30.0. The third-order valence-electron chi connectivity index (χ3n) is 6.25. The van der Waals surface area contributed by atoms with E-state index in [0.29, 0.717) is 29.3 Å². The SMILES string of the molecule is CCNC(=O)C(CC)N(Cc1ccccc1Cl)C(=O)CN(c1cc(C)ccc1OC)S(=O)(=O)c1ccccc1. The van der Waals surface area contributed by atoms with Crippen molar-refractivity contribution in [3.63, 3.8) is 0 Å². The second kappa shape index (κ2) is 13.5. The molecule has 8 nitrogen and oxygen atoms in total. The molecule has 0 heterocycles. The number of benzene rings is 3. The highest BCUT2D eigenvalue weighted by Gasteiger charge is 2.34. The van der Waals surface area contributed by atoms with Crippen LogP contribution in [0.1, 0.15) is 31.4 Å². The summed E-state index contributed by atoms with van der Waals surface area (Å²) in [4.78, 5) is 28.5. The fourth-order valence-electron chi connectivity index (χ4n) is 4.25. The summed E-state index contributed by atoms with van der Waals surface area (Å²) < 4.78 is 34.4. The summed E-state index contributed by atoms with van der Waals surface area (Å²) in [5.41, 5.74) is 1.65. The Balaban J connectivity index is 2.13. The van der Waals surface area contributed by atoms with Gasteiger partial charge in [-0.1, -0.05) is 61.0 Å². The summed E-state index contributed by atoms with van der Waals surface area (Å²) in [6, 6.07) is 19.2. The van der Waals surface area contributed by atoms with Gasteiger partial charge in [0.05, 0.1) is 17.7 Å². The number of aryl methyl sites for hydroxylation is 1. The predicted octanol–water partition coefficient (Wildman–Crippen LogP) is 4.80. The highest BCUT2D eigenvalue weighted by molar-refractivity contribution is 7.92. The fraction of sp³-hybridized carbons (Fsp3) is 0.310. The average Bonchev–Trinajstić information content (AvgIpc) is 2.93. The molecule has 0 aliphatic rings. The molecule has 208 valence electrons. The number of nitrogens with one attached hydrogen (secondary N) is 1. The number of nitrogens with zero attached hydrogens (tertiary/aromatic N) is 2. The minimum Gasteiger partial charge on any atom is -0.495 e. The molecule has 0 fully saturated rings. The summed E-state index contributed by atoms with van der Waals surface area (Å²) in [7, 11) is -2.76. The third kappa shape index (κ3) is 7.10. The summed E-state index contributed by atoms with van der Waals surface area (Å²) in [6.45, 7) is 5.27. The van der Waals surface area contributed by atoms with E-state index in [1.165, 1.54) is 24.1 Å². The first-order chi connectivity index (χ1) is 18.6. The van der Waals surface area contributed by atoms with Crippen LogP contribution in [-0.2, 0) is 26.2 Å². The van der Waals surface area contributed by atoms with Crippen LogP contribution in [-0.4, -0.2) is 51.4 Å². The molecular weight excluding hydrogens is 538 g/mol. The zero-order valence-electron chi connectivity index (χ0n) is 22.6. The Morgan fingerprint density at radius 3 is 2.28 bits per heavy atom. The van der Waals surface area contributed by atoms with Gasteiger partial charge in [0.1, 0.15) is 18.3 Å². The maximum atomic E-state index is 14.1. The number of amides is 2. The van der Waals surface area contributed by atoms with Crippen molar-refractivity contribution in [1.82, 2.24) is 10.2 Å². The molecule has 3 rings (SSSR count). The van der Waals surface area contributed by atoms with Gasteiger partial charge >= 0.3 is 0 Å². The van der Waals surface area contributed by atoms with Crippen LogP contribution >= 0.6 is 11.6 Å². The van der Waals surface area contributed by atoms with Crippen molar-refractivity contribution in [3.8, 4) is 5.75 Å². The van der Waals surface area contributed by atoms with Crippen LogP contribution in [0.4, 0.5) is 5.69 Å². The lowest BCUT2D eigenvalue weighted by Crippen LogP contribution is -2.52. The molecule has 1 unspecified atom stereocenters. The molecule has 3 aromatic carbocycles. The van der Waals surface area contributed by atoms with Gasteiger partial charge < -0.3 is 15.0 Å². The Morgan fingerprint density at radius 1 is 1.00 bits per heavy atom. The van der Waals surface area contributed by atoms with Gasteiger partial charge in [-0.15, -0.1) is 0 Å². The molecule has 0 saturated heterocycles. The Kier molecular flexibility index (Phi) is 10.4. The lowest BCUT2D eigenvalue weighted by Gasteiger charge is -2.33. The smallest absolute Gasteiger partial charge is 0.264 e. The minimum absolute atomic E-state index is 0.0229. The van der Waals surface area contributed by atoms with Crippen LogP contribution in [0.25, 0.3) is 0 Å². The first-order valence-corrected chi connectivity index (χ1v) is 14.5. The van der Waals surface area contributed by atoms with E-state index < -0.39 is 28.5 Å². The van der Waals surface area contributed by atoms with E-state index in [0.717, 1.165) is 9.87 Å². The normalized spacial score (nSPS) is 11.9. The van der Waals surface area contributed by atoms with Crippen molar-refractivity contribution in [2.45, 2.75) is 44.7 Å². The molecule has 10 heteroatoms. The largest absolute Gasteiger partial charge is 0.495 e. The molecule has 0 bridgehead atoms. The molecule has 1 atom stereocenters. The van der Waals surface area contributed by atoms with Crippen molar-refractivity contribution in [2.24, 2.45) is 0 Å². The lowest BCUT2D eigenvalue weighted by atomic mass is 10.1. The number of hydrogen-bond donors (Lipinski definition) is 1. The van der Waals surface area contributed by atoms with Crippen molar-refractivity contribution < 1.29 is 22.7 Å². The summed E-state index contributed by atoms with van der Waals surface area (Å²) >= 11 is 6.41. The monoisotopic (exact) mass is 571 g/mol. The molecule has 0 saturated carbocycles. The fourth-order valence-corrected chi connectivity index (χ4v) is 5.88. The van der Waals surface area contributed by atoms with Gasteiger partial charge in [0.2, 0.25) is 11.8 Å². The van der Waals surface area contributed by atoms with Gasteiger partial charge in [-0.25, -0.2) is 8.42 Å². The quantitative estimate of drug-likeness (QED) is 0.337. The number of halogens is 1. The second-order valence-corrected chi connectivity index (χ2v) is 11.2. The molecule has 0 aliphatic carbocycles. The van der Waals surface area contributed by atoms with Gasteiger partial charge in [0.25, 0.3) is 10.0 Å². The van der Waals surface area contributed by atoms with E-state index in [4.69, 9.17) is 16.3 Å². The van der Waals surface area contributed by atoms with Crippen LogP contribution in [0.5, 0.6) is 5.75 Å². The van der Waals surface area contributed by atoms with Crippen LogP contribution in [0.15, 0.2) is 77.7 Å². The molecule has 1 N–H and O–H groups in total. The van der Waals surface area contributed by atoms with Gasteiger partial charge in [-0.05, 0) is 61.7 Å². The Labute approximate surface area is 235 Å². The molecule has 39 heavy (non-hydrogen) atoms. The van der Waals surface area contributed by atoms with E-state index >= 15 is 0 Å². The van der Waals surface area contributed by atoms with Crippen molar-refractivity contribution >= 4 is 39.1 Å². The molecule has 0 radical (unpaired) electrons. The Bertz CT molecular complexity index is 1400. The molecule has 0 aliphatic heterocycles. The van der Waals surface area contributed by atoms with E-state index in [2.05, 4.69) is 5.32 Å². The molecule has 2 amide bonds. The minimum atomic E-state index is -4.20. The molecular formula is C29H34ClN3O5S. The van der Waals surface area contributed by atoms with E-state index in [1.54, 1.807) is 74.5 Å². The number of rotatable bonds is 12. The number of sulfonamides is 1. The van der Waals surface area contributed by atoms with Crippen LogP contribution in [0.3, 0.4) is 0 Å². The number of carbonyl (C=O) groups is 2. The summed E-state index contributed by atoms with van der Waals surface area (Å²) in [5, 5.41) is 3.22. The van der Waals surface area contributed by atoms with Gasteiger partial charge in [0.15, 0.2) is 0 Å². The van der Waals surface area contributed by atoms with E-state index in [1.807, 2.05) is 6.92 Å². The highest BCUT2D eigenvalue weighted by atomic mass is 35.5. The highest BCUT2D eigenvalue weighted by Crippen LogP contribution is 2.34. The summed E-state index contributed by atoms with van der Waals surface area (Å²) in [6.07, 6.45) is 0.321. The Morgan fingerprint density at radius 2 is 1.67 bits per heavy atom. The van der Waals surface area contributed by atoms with Crippen molar-refractivity contribution in [2.75, 3.05) is 24.5 Å². The predicted molar refractivity (Wildman–Crippen MR) is 153 cm³/mol. The first-order valence-electron chi connectivity index (χ1n) is 12.7. The number of methoxy groups -OCH3 is 1. The molecule has 0 spiro atoms. The maximum Gasteiger partial charge on any atom is 0.264 e. The average molecular weight is 572 g/mol. The zero-order chi connectivity index (χ0) is 28.6. The lowest BCUT2D eigenvalue weighted by molar-refractivity contribution is -0.140. The van der Waals surface area contributed by atoms with Crippen LogP contribution in [0.2, 0.25) is 5.02 Å². The third-order valence-corrected chi connectivity index (χ3v) is 8.39. The van der Waals surface area contributed by atoms with Gasteiger partial charge in [-0.2, -0.15) is 0 Å². The van der Waals surface area contributed by atoms with E-state index in [9.17, 15) is 18.0 Å². The Hall–Kier alpha value is -3.56. The number of anilines is 1. The van der Waals surface area contributed by atoms with Gasteiger partial charge in [-0.3, -0.25) is 13.9 Å². The second-order valence-electron chi connectivity index (χ2n) is 8.93. The molecule has 0 aromatic heterocycles. The number of ether oxygens (including phenoxy) is 1. The standard InChI is InChI=1S/C29H34ClN3O5S/c1-5-25(29(35)31-6-2)32(19-22-12-10-11-15-24(22)30)28(34)20-33(26-18-21(3)16-17-27(26)38-4)39(36,37)23-13-8-7-9-14-23/h7-18,25H,5-6,19-20H2,1-4H3,(H,31,35). The topological polar surface area (TPSA) is 96.0 Å². The van der Waals surface area contributed by atoms with E-state index in [-0.39, 0.29) is 23.0 Å². The summed E-state index contributed by atoms with van der Waals surface area (Å²) in [5.74, 6) is -0.594. The van der Waals surface area contributed by atoms with Gasteiger partial charge in [0, 0.05) is 18.1 Å². The maximum absolute atomic E-state index is 14.1. The van der Waals surface area contributed by atoms with Crippen molar-refractivity contribution in [1.29, 1.82) is 0 Å². The number of hydrogen-bond acceptors (Lipinski definition) is 5. The van der Waals surface area contributed by atoms with Crippen molar-refractivity contribution in [3.05, 3.63) is 88.9 Å². The zero-order valence-corrected chi connectivity index (χ0v) is 24.1. The number of likely N-dealkylation sites (N-methyl/N-ethyl adjacent to an activating group) is 1. The molecule has 3 aromatic rings.